The van der Waals surface area contributed by atoms with Gasteiger partial charge in [0.2, 0.25) is 0 Å². The van der Waals surface area contributed by atoms with Crippen molar-refractivity contribution in [3.05, 3.63) is 30.3 Å². The van der Waals surface area contributed by atoms with Gasteiger partial charge in [0.15, 0.2) is 0 Å². The van der Waals surface area contributed by atoms with Crippen molar-refractivity contribution >= 4 is 0 Å². The number of ether oxygens (including phenoxy) is 3. The zero-order valence-electron chi connectivity index (χ0n) is 10.6. The van der Waals surface area contributed by atoms with Crippen molar-refractivity contribution in [1.82, 2.24) is 0 Å². The predicted molar refractivity (Wildman–Crippen MR) is 68.5 cm³/mol. The number of benzene rings is 1. The highest BCUT2D eigenvalue weighted by atomic mass is 16.5. The molecule has 0 saturated carbocycles. The second kappa shape index (κ2) is 10.1. The van der Waals surface area contributed by atoms with E-state index < -0.39 is 0 Å². The summed E-state index contributed by atoms with van der Waals surface area (Å²) in [5.74, 6) is 0.920. The van der Waals surface area contributed by atoms with Crippen LogP contribution < -0.4 is 4.74 Å². The number of rotatable bonds is 10. The largest absolute Gasteiger partial charge is 0.494 e. The molecule has 0 saturated heterocycles. The van der Waals surface area contributed by atoms with Gasteiger partial charge in [-0.15, -0.1) is 0 Å². The second-order valence-electron chi connectivity index (χ2n) is 3.68. The lowest BCUT2D eigenvalue weighted by molar-refractivity contribution is 0.0819. The number of hydrogen-bond donors (Lipinski definition) is 0. The molecule has 0 N–H and O–H groups in total. The van der Waals surface area contributed by atoms with E-state index in [1.54, 1.807) is 0 Å². The molecule has 0 amide bonds. The van der Waals surface area contributed by atoms with Gasteiger partial charge in [-0.2, -0.15) is 0 Å². The first-order valence-corrected chi connectivity index (χ1v) is 6.27. The third-order valence-corrected chi connectivity index (χ3v) is 2.23. The highest BCUT2D eigenvalue weighted by molar-refractivity contribution is 5.20. The Balaban J connectivity index is 1.85. The van der Waals surface area contributed by atoms with Crippen molar-refractivity contribution in [3.63, 3.8) is 0 Å². The summed E-state index contributed by atoms with van der Waals surface area (Å²) in [6.07, 6.45) is 1.89. The fraction of sp³-hybridized carbons (Fsp3) is 0.571. The van der Waals surface area contributed by atoms with Crippen LogP contribution in [0.25, 0.3) is 0 Å². The Kier molecular flexibility index (Phi) is 8.33. The summed E-state index contributed by atoms with van der Waals surface area (Å²) in [6.45, 7) is 5.80. The first kappa shape index (κ1) is 14.0. The number of hydrogen-bond acceptors (Lipinski definition) is 3. The van der Waals surface area contributed by atoms with Crippen molar-refractivity contribution in [3.8, 4) is 5.75 Å². The van der Waals surface area contributed by atoms with E-state index >= 15 is 0 Å². The van der Waals surface area contributed by atoms with Crippen LogP contribution in [0.2, 0.25) is 0 Å². The molecule has 17 heavy (non-hydrogen) atoms. The molecular formula is C14H22O3. The summed E-state index contributed by atoms with van der Waals surface area (Å²) in [5.41, 5.74) is 0. The molecule has 0 fully saturated rings. The van der Waals surface area contributed by atoms with E-state index in [9.17, 15) is 0 Å². The smallest absolute Gasteiger partial charge is 0.119 e. The van der Waals surface area contributed by atoms with Crippen LogP contribution in [0, 0.1) is 0 Å². The van der Waals surface area contributed by atoms with Crippen molar-refractivity contribution in [2.75, 3.05) is 33.0 Å². The molecule has 0 bridgehead atoms. The van der Waals surface area contributed by atoms with Gasteiger partial charge < -0.3 is 14.2 Å². The monoisotopic (exact) mass is 238 g/mol. The fourth-order valence-electron chi connectivity index (χ4n) is 1.38. The summed E-state index contributed by atoms with van der Waals surface area (Å²) in [4.78, 5) is 0. The summed E-state index contributed by atoms with van der Waals surface area (Å²) in [5, 5.41) is 0. The zero-order chi connectivity index (χ0) is 12.2. The maximum atomic E-state index is 5.55. The topological polar surface area (TPSA) is 27.7 Å². The Morgan fingerprint density at radius 2 is 1.47 bits per heavy atom. The Morgan fingerprint density at radius 3 is 2.18 bits per heavy atom. The maximum absolute atomic E-state index is 5.55. The average Bonchev–Trinajstić information content (AvgIpc) is 2.38. The van der Waals surface area contributed by atoms with E-state index in [1.165, 1.54) is 0 Å². The Labute approximate surface area is 104 Å². The van der Waals surface area contributed by atoms with Crippen LogP contribution in [0.4, 0.5) is 0 Å². The van der Waals surface area contributed by atoms with E-state index in [1.807, 2.05) is 37.3 Å². The normalized spacial score (nSPS) is 10.4. The van der Waals surface area contributed by atoms with Gasteiger partial charge in [-0.1, -0.05) is 18.2 Å². The molecule has 0 heterocycles. The molecule has 1 rings (SSSR count). The van der Waals surface area contributed by atoms with Crippen LogP contribution in [0.5, 0.6) is 5.75 Å². The van der Waals surface area contributed by atoms with Crippen molar-refractivity contribution in [2.24, 2.45) is 0 Å². The molecule has 0 unspecified atom stereocenters. The molecule has 3 heteroatoms. The molecule has 0 atom stereocenters. The Bertz CT molecular complexity index is 261. The molecule has 0 aliphatic heterocycles. The highest BCUT2D eigenvalue weighted by Gasteiger charge is 1.93. The molecular weight excluding hydrogens is 216 g/mol. The first-order chi connectivity index (χ1) is 8.43. The van der Waals surface area contributed by atoms with Crippen LogP contribution in [0.1, 0.15) is 19.8 Å². The lowest BCUT2D eigenvalue weighted by atomic mass is 10.3. The standard InChI is InChI=1S/C14H22O3/c1-2-15-10-6-11-16-12-7-13-17-14-8-4-3-5-9-14/h3-5,8-9H,2,6-7,10-13H2,1H3. The fourth-order valence-corrected chi connectivity index (χ4v) is 1.38. The first-order valence-electron chi connectivity index (χ1n) is 6.27. The Morgan fingerprint density at radius 1 is 0.824 bits per heavy atom. The molecule has 1 aromatic rings. The summed E-state index contributed by atoms with van der Waals surface area (Å²) < 4.78 is 16.2. The van der Waals surface area contributed by atoms with Gasteiger partial charge in [0.25, 0.3) is 0 Å². The molecule has 0 aromatic heterocycles. The van der Waals surface area contributed by atoms with E-state index in [4.69, 9.17) is 14.2 Å². The lowest BCUT2D eigenvalue weighted by Gasteiger charge is -2.06. The summed E-state index contributed by atoms with van der Waals surface area (Å²) in [6, 6.07) is 9.85. The Hall–Kier alpha value is -1.06. The minimum Gasteiger partial charge on any atom is -0.494 e. The maximum Gasteiger partial charge on any atom is 0.119 e. The van der Waals surface area contributed by atoms with Gasteiger partial charge >= 0.3 is 0 Å². The molecule has 3 nitrogen and oxygen atoms in total. The average molecular weight is 238 g/mol. The van der Waals surface area contributed by atoms with Crippen LogP contribution in [-0.4, -0.2) is 33.0 Å². The minimum absolute atomic E-state index is 0.704. The van der Waals surface area contributed by atoms with E-state index in [0.717, 1.165) is 45.0 Å². The van der Waals surface area contributed by atoms with Gasteiger partial charge in [0, 0.05) is 32.8 Å². The van der Waals surface area contributed by atoms with Crippen LogP contribution in [-0.2, 0) is 9.47 Å². The van der Waals surface area contributed by atoms with Gasteiger partial charge in [0.1, 0.15) is 5.75 Å². The van der Waals surface area contributed by atoms with Crippen LogP contribution >= 0.6 is 0 Å². The zero-order valence-corrected chi connectivity index (χ0v) is 10.6. The SMILES string of the molecule is CCOCCCOCCCOc1ccccc1. The molecule has 0 radical (unpaired) electrons. The predicted octanol–water partition coefficient (Wildman–Crippen LogP) is 2.90. The third kappa shape index (κ3) is 7.77. The van der Waals surface area contributed by atoms with Crippen molar-refractivity contribution in [1.29, 1.82) is 0 Å². The van der Waals surface area contributed by atoms with Crippen LogP contribution in [0.15, 0.2) is 30.3 Å². The minimum atomic E-state index is 0.704. The van der Waals surface area contributed by atoms with Gasteiger partial charge in [0.05, 0.1) is 6.61 Å². The number of para-hydroxylation sites is 1. The molecule has 0 aliphatic carbocycles. The van der Waals surface area contributed by atoms with Gasteiger partial charge in [-0.3, -0.25) is 0 Å². The van der Waals surface area contributed by atoms with Gasteiger partial charge in [-0.25, -0.2) is 0 Å². The summed E-state index contributed by atoms with van der Waals surface area (Å²) in [7, 11) is 0. The van der Waals surface area contributed by atoms with Crippen molar-refractivity contribution < 1.29 is 14.2 Å². The quantitative estimate of drug-likeness (QED) is 0.587. The van der Waals surface area contributed by atoms with E-state index in [2.05, 4.69) is 0 Å². The third-order valence-electron chi connectivity index (χ3n) is 2.23. The van der Waals surface area contributed by atoms with E-state index in [-0.39, 0.29) is 0 Å². The summed E-state index contributed by atoms with van der Waals surface area (Å²) >= 11 is 0. The lowest BCUT2D eigenvalue weighted by Crippen LogP contribution is -2.05. The molecule has 0 spiro atoms. The van der Waals surface area contributed by atoms with Gasteiger partial charge in [-0.05, 0) is 25.5 Å². The van der Waals surface area contributed by atoms with Crippen molar-refractivity contribution in [2.45, 2.75) is 19.8 Å². The molecule has 96 valence electrons. The highest BCUT2D eigenvalue weighted by Crippen LogP contribution is 2.08. The second-order valence-corrected chi connectivity index (χ2v) is 3.68. The molecule has 0 aliphatic rings. The van der Waals surface area contributed by atoms with E-state index in [0.29, 0.717) is 6.61 Å². The van der Waals surface area contributed by atoms with Crippen LogP contribution in [0.3, 0.4) is 0 Å². The molecule has 1 aromatic carbocycles.